The van der Waals surface area contributed by atoms with Gasteiger partial charge in [0.1, 0.15) is 0 Å². The lowest BCUT2D eigenvalue weighted by molar-refractivity contribution is 0.406. The molecule has 2 aromatic rings. The molecule has 82 valence electrons. The van der Waals surface area contributed by atoms with Gasteiger partial charge in [-0.1, -0.05) is 0 Å². The van der Waals surface area contributed by atoms with Crippen LogP contribution in [-0.2, 0) is 0 Å². The molecule has 0 aliphatic carbocycles. The van der Waals surface area contributed by atoms with Crippen molar-refractivity contribution in [3.8, 4) is 11.6 Å². The maximum Gasteiger partial charge on any atom is 0.298 e. The van der Waals surface area contributed by atoms with Gasteiger partial charge in [0.15, 0.2) is 11.6 Å². The molecule has 0 radical (unpaired) electrons. The fourth-order valence-electron chi connectivity index (χ4n) is 1.41. The Morgan fingerprint density at radius 1 is 1.38 bits per heavy atom. The van der Waals surface area contributed by atoms with Crippen molar-refractivity contribution in [2.75, 3.05) is 12.8 Å². The number of aromatic nitrogens is 2. The van der Waals surface area contributed by atoms with Gasteiger partial charge in [0.25, 0.3) is 5.56 Å². The summed E-state index contributed by atoms with van der Waals surface area (Å²) in [5, 5.41) is 0. The van der Waals surface area contributed by atoms with Gasteiger partial charge in [-0.3, -0.25) is 9.36 Å². The zero-order valence-corrected chi connectivity index (χ0v) is 8.75. The van der Waals surface area contributed by atoms with Crippen molar-refractivity contribution in [1.29, 1.82) is 0 Å². The second-order valence-corrected chi connectivity index (χ2v) is 3.17. The third-order valence-electron chi connectivity index (χ3n) is 2.18. The van der Waals surface area contributed by atoms with Gasteiger partial charge in [0.2, 0.25) is 0 Å². The molecule has 2 N–H and O–H groups in total. The van der Waals surface area contributed by atoms with E-state index < -0.39 is 0 Å². The van der Waals surface area contributed by atoms with Gasteiger partial charge in [-0.25, -0.2) is 4.98 Å². The normalized spacial score (nSPS) is 10.1. The van der Waals surface area contributed by atoms with Gasteiger partial charge < -0.3 is 10.5 Å². The number of hydrogen-bond donors (Lipinski definition) is 1. The number of methoxy groups -OCH3 is 1. The Hall–Kier alpha value is -2.30. The summed E-state index contributed by atoms with van der Waals surface area (Å²) in [5.74, 6) is 0.666. The average molecular weight is 217 g/mol. The lowest BCUT2D eigenvalue weighted by Crippen LogP contribution is -2.20. The van der Waals surface area contributed by atoms with E-state index in [0.29, 0.717) is 11.5 Å². The van der Waals surface area contributed by atoms with E-state index in [1.54, 1.807) is 36.7 Å². The van der Waals surface area contributed by atoms with Crippen LogP contribution in [0.4, 0.5) is 5.69 Å². The van der Waals surface area contributed by atoms with Gasteiger partial charge in [-0.15, -0.1) is 0 Å². The van der Waals surface area contributed by atoms with Crippen molar-refractivity contribution in [3.05, 3.63) is 47.0 Å². The minimum Gasteiger partial charge on any atom is -0.491 e. The van der Waals surface area contributed by atoms with Gasteiger partial charge in [0, 0.05) is 12.4 Å². The third-order valence-corrected chi connectivity index (χ3v) is 2.18. The van der Waals surface area contributed by atoms with Crippen molar-refractivity contribution >= 4 is 5.69 Å². The van der Waals surface area contributed by atoms with Crippen LogP contribution in [0.15, 0.2) is 41.5 Å². The van der Waals surface area contributed by atoms with E-state index in [9.17, 15) is 4.79 Å². The summed E-state index contributed by atoms with van der Waals surface area (Å²) in [5.41, 5.74) is 5.91. The summed E-state index contributed by atoms with van der Waals surface area (Å²) in [6.07, 6.45) is 3.18. The fourth-order valence-corrected chi connectivity index (χ4v) is 1.41. The van der Waals surface area contributed by atoms with Crippen LogP contribution in [0.25, 0.3) is 5.82 Å². The number of hydrogen-bond acceptors (Lipinski definition) is 4. The molecule has 0 amide bonds. The van der Waals surface area contributed by atoms with E-state index in [1.165, 1.54) is 11.7 Å². The Balaban J connectivity index is 2.66. The summed E-state index contributed by atoms with van der Waals surface area (Å²) in [6.45, 7) is 0. The molecule has 0 unspecified atom stereocenters. The molecule has 0 spiro atoms. The molecule has 0 aromatic carbocycles. The molecular formula is C11H11N3O2. The zero-order chi connectivity index (χ0) is 11.5. The van der Waals surface area contributed by atoms with Gasteiger partial charge >= 0.3 is 0 Å². The number of nitrogens with two attached hydrogens (primary N) is 1. The summed E-state index contributed by atoms with van der Waals surface area (Å²) in [7, 11) is 1.45. The molecule has 5 heteroatoms. The van der Waals surface area contributed by atoms with Crippen molar-refractivity contribution in [3.63, 3.8) is 0 Å². The standard InChI is InChI=1S/C11H11N3O2/c1-16-9-5-3-7-14(11(9)15)10-8(12)4-2-6-13-10/h2-7H,12H2,1H3. The van der Waals surface area contributed by atoms with Crippen LogP contribution in [0, 0.1) is 0 Å². The van der Waals surface area contributed by atoms with Crippen LogP contribution < -0.4 is 16.0 Å². The number of nitrogens with zero attached hydrogens (tertiary/aromatic N) is 2. The maximum atomic E-state index is 11.9. The fraction of sp³-hybridized carbons (Fsp3) is 0.0909. The molecule has 0 aliphatic heterocycles. The first-order valence-corrected chi connectivity index (χ1v) is 4.70. The summed E-state index contributed by atoms with van der Waals surface area (Å²) in [6, 6.07) is 6.70. The van der Waals surface area contributed by atoms with Gasteiger partial charge in [-0.2, -0.15) is 0 Å². The molecule has 2 heterocycles. The van der Waals surface area contributed by atoms with Gasteiger partial charge in [0.05, 0.1) is 12.8 Å². The number of anilines is 1. The van der Waals surface area contributed by atoms with E-state index in [4.69, 9.17) is 10.5 Å². The van der Waals surface area contributed by atoms with E-state index in [0.717, 1.165) is 0 Å². The van der Waals surface area contributed by atoms with E-state index >= 15 is 0 Å². The highest BCUT2D eigenvalue weighted by molar-refractivity contribution is 5.52. The molecule has 16 heavy (non-hydrogen) atoms. The highest BCUT2D eigenvalue weighted by Gasteiger charge is 2.07. The number of ether oxygens (including phenoxy) is 1. The minimum atomic E-state index is -0.282. The minimum absolute atomic E-state index is 0.257. The SMILES string of the molecule is COc1cccn(-c2ncccc2N)c1=O. The quantitative estimate of drug-likeness (QED) is 0.808. The third kappa shape index (κ3) is 1.63. The van der Waals surface area contributed by atoms with Crippen LogP contribution in [0.3, 0.4) is 0 Å². The van der Waals surface area contributed by atoms with Crippen LogP contribution in [0.1, 0.15) is 0 Å². The van der Waals surface area contributed by atoms with Crippen molar-refractivity contribution in [1.82, 2.24) is 9.55 Å². The molecule has 0 saturated carbocycles. The maximum absolute atomic E-state index is 11.9. The summed E-state index contributed by atoms with van der Waals surface area (Å²) in [4.78, 5) is 16.0. The largest absolute Gasteiger partial charge is 0.491 e. The monoisotopic (exact) mass is 217 g/mol. The molecular weight excluding hydrogens is 206 g/mol. The Labute approximate surface area is 92.1 Å². The first-order chi connectivity index (χ1) is 7.74. The Morgan fingerprint density at radius 2 is 2.19 bits per heavy atom. The Kier molecular flexibility index (Phi) is 2.59. The van der Waals surface area contributed by atoms with Crippen LogP contribution in [0.5, 0.6) is 5.75 Å². The molecule has 2 rings (SSSR count). The summed E-state index contributed by atoms with van der Waals surface area (Å²) < 4.78 is 6.30. The van der Waals surface area contributed by atoms with Crippen molar-refractivity contribution in [2.24, 2.45) is 0 Å². The van der Waals surface area contributed by atoms with E-state index in [1.807, 2.05) is 0 Å². The molecule has 0 atom stereocenters. The smallest absolute Gasteiger partial charge is 0.298 e. The van der Waals surface area contributed by atoms with E-state index in [-0.39, 0.29) is 11.3 Å². The Bertz CT molecular complexity index is 563. The first-order valence-electron chi connectivity index (χ1n) is 4.70. The lowest BCUT2D eigenvalue weighted by Gasteiger charge is -2.08. The molecule has 0 fully saturated rings. The van der Waals surface area contributed by atoms with Crippen molar-refractivity contribution < 1.29 is 4.74 Å². The summed E-state index contributed by atoms with van der Waals surface area (Å²) >= 11 is 0. The highest BCUT2D eigenvalue weighted by atomic mass is 16.5. The lowest BCUT2D eigenvalue weighted by atomic mass is 10.3. The number of rotatable bonds is 2. The molecule has 0 bridgehead atoms. The second kappa shape index (κ2) is 4.06. The topological polar surface area (TPSA) is 70.1 Å². The van der Waals surface area contributed by atoms with Crippen LogP contribution >= 0.6 is 0 Å². The van der Waals surface area contributed by atoms with Crippen LogP contribution in [0.2, 0.25) is 0 Å². The average Bonchev–Trinajstić information content (AvgIpc) is 2.31. The second-order valence-electron chi connectivity index (χ2n) is 3.17. The predicted octanol–water partition coefficient (Wildman–Crippen LogP) is 0.823. The van der Waals surface area contributed by atoms with E-state index in [2.05, 4.69) is 4.98 Å². The molecule has 0 saturated heterocycles. The van der Waals surface area contributed by atoms with Crippen LogP contribution in [-0.4, -0.2) is 16.7 Å². The zero-order valence-electron chi connectivity index (χ0n) is 8.75. The Morgan fingerprint density at radius 3 is 2.88 bits per heavy atom. The number of pyridine rings is 2. The predicted molar refractivity (Wildman–Crippen MR) is 60.8 cm³/mol. The molecule has 0 aliphatic rings. The first kappa shape index (κ1) is 10.2. The van der Waals surface area contributed by atoms with Crippen molar-refractivity contribution in [2.45, 2.75) is 0 Å². The molecule has 5 nitrogen and oxygen atoms in total. The molecule has 2 aromatic heterocycles. The number of nitrogen functional groups attached to an aromatic ring is 1. The highest BCUT2D eigenvalue weighted by Crippen LogP contribution is 2.12. The van der Waals surface area contributed by atoms with Gasteiger partial charge in [-0.05, 0) is 24.3 Å².